The molecule has 0 bridgehead atoms. The molecule has 1 unspecified atom stereocenters. The van der Waals surface area contributed by atoms with Crippen LogP contribution in [-0.2, 0) is 4.79 Å². The Kier molecular flexibility index (Phi) is 3.39. The van der Waals surface area contributed by atoms with Crippen LogP contribution in [-0.4, -0.2) is 47.9 Å². The van der Waals surface area contributed by atoms with E-state index in [0.29, 0.717) is 6.42 Å². The van der Waals surface area contributed by atoms with Crippen LogP contribution in [0.5, 0.6) is 0 Å². The molecule has 2 aliphatic rings. The Balaban J connectivity index is 1.91. The Hall–Kier alpha value is -1.08. The van der Waals surface area contributed by atoms with Crippen LogP contribution in [0.2, 0.25) is 0 Å². The van der Waals surface area contributed by atoms with Crippen molar-refractivity contribution in [3.8, 4) is 6.07 Å². The maximum atomic E-state index is 12.3. The summed E-state index contributed by atoms with van der Waals surface area (Å²) in [5, 5.41) is 9.13. The molecule has 1 saturated carbocycles. The third-order valence-electron chi connectivity index (χ3n) is 4.09. The number of nitrogens with zero attached hydrogens (tertiary/aromatic N) is 3. The van der Waals surface area contributed by atoms with E-state index in [9.17, 15) is 4.79 Å². The molecule has 0 spiro atoms. The van der Waals surface area contributed by atoms with Gasteiger partial charge in [0.15, 0.2) is 0 Å². The van der Waals surface area contributed by atoms with Crippen molar-refractivity contribution in [1.82, 2.24) is 9.80 Å². The molecule has 1 atom stereocenters. The molecule has 2 fully saturated rings. The fraction of sp³-hybridized carbons (Fsp3) is 0.846. The first-order valence-electron chi connectivity index (χ1n) is 6.55. The van der Waals surface area contributed by atoms with Gasteiger partial charge in [0, 0.05) is 32.2 Å². The summed E-state index contributed by atoms with van der Waals surface area (Å²) in [4.78, 5) is 16.6. The lowest BCUT2D eigenvalue weighted by molar-refractivity contribution is -0.140. The van der Waals surface area contributed by atoms with Crippen molar-refractivity contribution >= 4 is 5.91 Å². The zero-order valence-corrected chi connectivity index (χ0v) is 10.8. The van der Waals surface area contributed by atoms with E-state index in [1.165, 1.54) is 12.8 Å². The van der Waals surface area contributed by atoms with Gasteiger partial charge in [0.05, 0.1) is 6.07 Å². The molecular formula is C13H21N3O. The van der Waals surface area contributed by atoms with Gasteiger partial charge in [-0.25, -0.2) is 0 Å². The maximum absolute atomic E-state index is 12.3. The number of hydrogen-bond donors (Lipinski definition) is 0. The zero-order valence-electron chi connectivity index (χ0n) is 10.8. The molecule has 0 aromatic heterocycles. The Labute approximate surface area is 103 Å². The van der Waals surface area contributed by atoms with Crippen LogP contribution in [0.25, 0.3) is 0 Å². The van der Waals surface area contributed by atoms with E-state index in [-0.39, 0.29) is 5.91 Å². The van der Waals surface area contributed by atoms with E-state index in [4.69, 9.17) is 5.26 Å². The third kappa shape index (κ3) is 2.44. The van der Waals surface area contributed by atoms with Gasteiger partial charge in [0.2, 0.25) is 5.91 Å². The van der Waals surface area contributed by atoms with Gasteiger partial charge in [-0.05, 0) is 26.2 Å². The van der Waals surface area contributed by atoms with Gasteiger partial charge in [-0.15, -0.1) is 0 Å². The number of hydrogen-bond acceptors (Lipinski definition) is 3. The quantitative estimate of drug-likeness (QED) is 0.739. The molecule has 0 N–H and O–H groups in total. The van der Waals surface area contributed by atoms with Crippen molar-refractivity contribution in [2.75, 3.05) is 26.2 Å². The molecule has 1 aliphatic carbocycles. The number of nitriles is 1. The largest absolute Gasteiger partial charge is 0.339 e. The van der Waals surface area contributed by atoms with Gasteiger partial charge in [0.1, 0.15) is 5.41 Å². The van der Waals surface area contributed by atoms with Crippen LogP contribution in [0.1, 0.15) is 33.1 Å². The van der Waals surface area contributed by atoms with E-state index in [2.05, 4.69) is 11.0 Å². The molecule has 1 amide bonds. The van der Waals surface area contributed by atoms with Gasteiger partial charge in [-0.1, -0.05) is 6.92 Å². The summed E-state index contributed by atoms with van der Waals surface area (Å²) in [5.41, 5.74) is -0.832. The molecule has 2 rings (SSSR count). The second-order valence-corrected chi connectivity index (χ2v) is 5.36. The smallest absolute Gasteiger partial charge is 0.242 e. The first kappa shape index (κ1) is 12.4. The van der Waals surface area contributed by atoms with Gasteiger partial charge >= 0.3 is 0 Å². The number of piperazine rings is 1. The summed E-state index contributed by atoms with van der Waals surface area (Å²) < 4.78 is 0. The van der Waals surface area contributed by atoms with E-state index >= 15 is 0 Å². The minimum absolute atomic E-state index is 0.0120. The summed E-state index contributed by atoms with van der Waals surface area (Å²) in [6.07, 6.45) is 3.23. The Bertz CT molecular complexity index is 337. The average molecular weight is 235 g/mol. The van der Waals surface area contributed by atoms with E-state index < -0.39 is 5.41 Å². The summed E-state index contributed by atoms with van der Waals surface area (Å²) in [5.74, 6) is 0.0120. The zero-order chi connectivity index (χ0) is 12.5. The predicted octanol–water partition coefficient (Wildman–Crippen LogP) is 1.23. The fourth-order valence-electron chi connectivity index (χ4n) is 2.36. The van der Waals surface area contributed by atoms with E-state index in [1.807, 2.05) is 11.8 Å². The SMILES string of the molecule is CCC(C)(C#N)C(=O)N1CCN(C2CC2)CC1. The normalized spacial score (nSPS) is 25.1. The molecule has 17 heavy (non-hydrogen) atoms. The minimum Gasteiger partial charge on any atom is -0.339 e. The highest BCUT2D eigenvalue weighted by Gasteiger charge is 2.38. The highest BCUT2D eigenvalue weighted by atomic mass is 16.2. The summed E-state index contributed by atoms with van der Waals surface area (Å²) >= 11 is 0. The number of amides is 1. The fourth-order valence-corrected chi connectivity index (χ4v) is 2.36. The van der Waals surface area contributed by atoms with Crippen LogP contribution in [0.15, 0.2) is 0 Å². The van der Waals surface area contributed by atoms with Gasteiger partial charge < -0.3 is 4.90 Å². The predicted molar refractivity (Wildman–Crippen MR) is 65.2 cm³/mol. The van der Waals surface area contributed by atoms with Gasteiger partial charge in [0.25, 0.3) is 0 Å². The first-order chi connectivity index (χ1) is 8.10. The molecule has 1 aliphatic heterocycles. The number of carbonyl (C=O) groups excluding carboxylic acids is 1. The number of carbonyl (C=O) groups is 1. The molecule has 0 radical (unpaired) electrons. The van der Waals surface area contributed by atoms with Crippen LogP contribution < -0.4 is 0 Å². The van der Waals surface area contributed by atoms with E-state index in [0.717, 1.165) is 32.2 Å². The lowest BCUT2D eigenvalue weighted by Gasteiger charge is -2.37. The van der Waals surface area contributed by atoms with Gasteiger partial charge in [-0.3, -0.25) is 9.69 Å². The molecule has 1 saturated heterocycles. The molecular weight excluding hydrogens is 214 g/mol. The topological polar surface area (TPSA) is 47.3 Å². The van der Waals surface area contributed by atoms with Crippen molar-refractivity contribution in [2.24, 2.45) is 5.41 Å². The summed E-state index contributed by atoms with van der Waals surface area (Å²) in [6.45, 7) is 7.17. The summed E-state index contributed by atoms with van der Waals surface area (Å²) in [6, 6.07) is 2.95. The standard InChI is InChI=1S/C13H21N3O/c1-3-13(2,10-14)12(17)16-8-6-15(7-9-16)11-4-5-11/h11H,3-9H2,1-2H3. The lowest BCUT2D eigenvalue weighted by atomic mass is 9.87. The molecule has 0 aromatic rings. The van der Waals surface area contributed by atoms with Gasteiger partial charge in [-0.2, -0.15) is 5.26 Å². The maximum Gasteiger partial charge on any atom is 0.242 e. The molecule has 94 valence electrons. The summed E-state index contributed by atoms with van der Waals surface area (Å²) in [7, 11) is 0. The third-order valence-corrected chi connectivity index (χ3v) is 4.09. The monoisotopic (exact) mass is 235 g/mol. The molecule has 4 nitrogen and oxygen atoms in total. The molecule has 1 heterocycles. The van der Waals surface area contributed by atoms with Crippen LogP contribution in [0.3, 0.4) is 0 Å². The van der Waals surface area contributed by atoms with Crippen molar-refractivity contribution in [3.05, 3.63) is 0 Å². The van der Waals surface area contributed by atoms with E-state index in [1.54, 1.807) is 6.92 Å². The molecule has 4 heteroatoms. The second kappa shape index (κ2) is 4.66. The van der Waals surface area contributed by atoms with Crippen molar-refractivity contribution < 1.29 is 4.79 Å². The Morgan fingerprint density at radius 1 is 1.35 bits per heavy atom. The van der Waals surface area contributed by atoms with Crippen molar-refractivity contribution in [1.29, 1.82) is 5.26 Å². The minimum atomic E-state index is -0.832. The van der Waals surface area contributed by atoms with Crippen LogP contribution >= 0.6 is 0 Å². The number of rotatable bonds is 3. The highest BCUT2D eigenvalue weighted by Crippen LogP contribution is 2.29. The highest BCUT2D eigenvalue weighted by molar-refractivity contribution is 5.85. The second-order valence-electron chi connectivity index (χ2n) is 5.36. The lowest BCUT2D eigenvalue weighted by Crippen LogP contribution is -2.52. The first-order valence-corrected chi connectivity index (χ1v) is 6.55. The van der Waals surface area contributed by atoms with Crippen molar-refractivity contribution in [2.45, 2.75) is 39.2 Å². The van der Waals surface area contributed by atoms with Crippen LogP contribution in [0, 0.1) is 16.7 Å². The average Bonchev–Trinajstić information content (AvgIpc) is 3.21. The van der Waals surface area contributed by atoms with Crippen LogP contribution in [0.4, 0.5) is 0 Å². The van der Waals surface area contributed by atoms with Crippen molar-refractivity contribution in [3.63, 3.8) is 0 Å². The molecule has 0 aromatic carbocycles. The Morgan fingerprint density at radius 2 is 1.94 bits per heavy atom. The Morgan fingerprint density at radius 3 is 2.35 bits per heavy atom.